The number of primary amides is 1. The van der Waals surface area contributed by atoms with Gasteiger partial charge in [-0.3, -0.25) is 9.78 Å². The number of aromatic nitrogens is 1. The van der Waals surface area contributed by atoms with Crippen molar-refractivity contribution in [3.05, 3.63) is 59.6 Å². The lowest BCUT2D eigenvalue weighted by Gasteiger charge is -2.20. The topological polar surface area (TPSA) is 121 Å². The van der Waals surface area contributed by atoms with Gasteiger partial charge in [0.15, 0.2) is 17.3 Å². The minimum absolute atomic E-state index is 0.143. The van der Waals surface area contributed by atoms with E-state index in [0.717, 1.165) is 12.8 Å². The summed E-state index contributed by atoms with van der Waals surface area (Å²) in [6.45, 7) is 0.143. The second kappa shape index (κ2) is 7.84. The quantitative estimate of drug-likeness (QED) is 0.682. The molecule has 0 spiro atoms. The molecule has 0 atom stereocenters. The van der Waals surface area contributed by atoms with E-state index in [1.54, 1.807) is 36.7 Å². The van der Waals surface area contributed by atoms with Crippen LogP contribution < -0.4 is 19.9 Å². The molecule has 29 heavy (non-hydrogen) atoms. The highest BCUT2D eigenvalue weighted by molar-refractivity contribution is 7.89. The van der Waals surface area contributed by atoms with Crippen molar-refractivity contribution in [3.63, 3.8) is 0 Å². The van der Waals surface area contributed by atoms with Gasteiger partial charge in [-0.25, -0.2) is 13.1 Å². The van der Waals surface area contributed by atoms with Gasteiger partial charge in [0.25, 0.3) is 5.91 Å². The number of rotatable bonds is 8. The number of ether oxygens (including phenoxy) is 2. The number of para-hydroxylation sites is 1. The molecule has 1 aliphatic carbocycles. The van der Waals surface area contributed by atoms with Crippen molar-refractivity contribution in [2.45, 2.75) is 25.8 Å². The van der Waals surface area contributed by atoms with Gasteiger partial charge in [-0.1, -0.05) is 18.9 Å². The zero-order chi connectivity index (χ0) is 20.4. The predicted octanol–water partition coefficient (Wildman–Crippen LogP) is 2.17. The highest BCUT2D eigenvalue weighted by Crippen LogP contribution is 2.38. The average molecular weight is 415 g/mol. The van der Waals surface area contributed by atoms with Gasteiger partial charge in [0.2, 0.25) is 10.0 Å². The van der Waals surface area contributed by atoms with Gasteiger partial charge in [-0.2, -0.15) is 0 Å². The van der Waals surface area contributed by atoms with E-state index in [9.17, 15) is 13.2 Å². The summed E-state index contributed by atoms with van der Waals surface area (Å²) in [5.74, 6) is 1.11. The van der Waals surface area contributed by atoms with Crippen molar-refractivity contribution < 1.29 is 22.7 Å². The second-order valence-corrected chi connectivity index (χ2v) is 9.08. The van der Waals surface area contributed by atoms with Crippen LogP contribution in [0.3, 0.4) is 0 Å². The number of benzene rings is 1. The molecule has 1 aromatic heterocycles. The Morgan fingerprint density at radius 3 is 2.86 bits per heavy atom. The van der Waals surface area contributed by atoms with Crippen LogP contribution in [-0.2, 0) is 16.6 Å². The maximum atomic E-state index is 12.1. The number of hydrogen-bond donors (Lipinski definition) is 2. The minimum Gasteiger partial charge on any atom is -0.456 e. The zero-order valence-corrected chi connectivity index (χ0v) is 16.4. The standard InChI is InChI=1S/C20H21N3O5S/c21-20(24)16-2-1-3-17-19(16)27-12-18(28-17)15-8-14(9-22-11-15)10-23-29(25,26)7-6-13-4-5-13/h1-3,8-9,11-13,23H,4-7,10H2,(H2,21,24). The number of sulfonamides is 1. The molecule has 1 saturated carbocycles. The third kappa shape index (κ3) is 4.75. The second-order valence-electron chi connectivity index (χ2n) is 7.15. The van der Waals surface area contributed by atoms with E-state index < -0.39 is 15.9 Å². The van der Waals surface area contributed by atoms with Gasteiger partial charge in [0.05, 0.1) is 11.3 Å². The Bertz CT molecular complexity index is 1080. The molecule has 2 heterocycles. The molecular weight excluding hydrogens is 394 g/mol. The van der Waals surface area contributed by atoms with Crippen molar-refractivity contribution in [2.24, 2.45) is 11.7 Å². The molecule has 2 aliphatic rings. The molecule has 1 aromatic carbocycles. The smallest absolute Gasteiger partial charge is 0.252 e. The molecule has 152 valence electrons. The Kier molecular flexibility index (Phi) is 5.25. The molecule has 2 aromatic rings. The monoisotopic (exact) mass is 415 g/mol. The number of fused-ring (bicyclic) bond motifs is 1. The number of pyridine rings is 1. The number of amides is 1. The van der Waals surface area contributed by atoms with Crippen LogP contribution in [0.15, 0.2) is 42.9 Å². The summed E-state index contributed by atoms with van der Waals surface area (Å²) in [5, 5.41) is 0. The van der Waals surface area contributed by atoms with Crippen LogP contribution >= 0.6 is 0 Å². The summed E-state index contributed by atoms with van der Waals surface area (Å²) in [4.78, 5) is 15.7. The fourth-order valence-corrected chi connectivity index (χ4v) is 4.18. The molecule has 0 radical (unpaired) electrons. The highest BCUT2D eigenvalue weighted by atomic mass is 32.2. The lowest BCUT2D eigenvalue weighted by molar-refractivity contribution is 0.0997. The van der Waals surface area contributed by atoms with E-state index in [1.807, 2.05) is 0 Å². The van der Waals surface area contributed by atoms with Gasteiger partial charge < -0.3 is 15.2 Å². The Hall–Kier alpha value is -2.91. The molecular formula is C20H21N3O5S. The van der Waals surface area contributed by atoms with E-state index in [4.69, 9.17) is 15.2 Å². The van der Waals surface area contributed by atoms with Crippen LogP contribution in [-0.4, -0.2) is 25.1 Å². The van der Waals surface area contributed by atoms with Gasteiger partial charge in [0.1, 0.15) is 6.26 Å². The first-order chi connectivity index (χ1) is 13.9. The molecule has 0 saturated heterocycles. The van der Waals surface area contributed by atoms with E-state index in [0.29, 0.717) is 35.0 Å². The molecule has 1 fully saturated rings. The minimum atomic E-state index is -3.32. The Labute approximate surface area is 168 Å². The molecule has 1 amide bonds. The number of nitrogens with zero attached hydrogens (tertiary/aromatic N) is 1. The molecule has 0 unspecified atom stereocenters. The Balaban J connectivity index is 1.45. The summed E-state index contributed by atoms with van der Waals surface area (Å²) in [5.41, 5.74) is 6.89. The summed E-state index contributed by atoms with van der Waals surface area (Å²) in [6.07, 6.45) is 7.51. The van der Waals surface area contributed by atoms with Crippen molar-refractivity contribution in [3.8, 4) is 11.5 Å². The maximum Gasteiger partial charge on any atom is 0.252 e. The van der Waals surface area contributed by atoms with Gasteiger partial charge in [0, 0.05) is 24.5 Å². The number of carbonyl (C=O) groups excluding carboxylic acids is 1. The van der Waals surface area contributed by atoms with Gasteiger partial charge in [-0.05, 0) is 36.1 Å². The summed E-state index contributed by atoms with van der Waals surface area (Å²) in [7, 11) is -3.32. The van der Waals surface area contributed by atoms with E-state index in [1.165, 1.54) is 6.26 Å². The summed E-state index contributed by atoms with van der Waals surface area (Å²) < 4.78 is 38.3. The van der Waals surface area contributed by atoms with Crippen molar-refractivity contribution in [2.75, 3.05) is 5.75 Å². The first kappa shape index (κ1) is 19.4. The average Bonchev–Trinajstić information content (AvgIpc) is 3.55. The first-order valence-corrected chi connectivity index (χ1v) is 11.0. The summed E-state index contributed by atoms with van der Waals surface area (Å²) >= 11 is 0. The third-order valence-electron chi connectivity index (χ3n) is 4.82. The Morgan fingerprint density at radius 1 is 1.28 bits per heavy atom. The van der Waals surface area contributed by atoms with Crippen LogP contribution in [0.25, 0.3) is 5.76 Å². The van der Waals surface area contributed by atoms with Crippen molar-refractivity contribution >= 4 is 21.7 Å². The normalized spacial score (nSPS) is 15.7. The van der Waals surface area contributed by atoms with E-state index >= 15 is 0 Å². The van der Waals surface area contributed by atoms with Crippen LogP contribution in [0, 0.1) is 5.92 Å². The molecule has 9 heteroatoms. The fraction of sp³-hybridized carbons (Fsp3) is 0.300. The van der Waals surface area contributed by atoms with E-state index in [2.05, 4.69) is 9.71 Å². The third-order valence-corrected chi connectivity index (χ3v) is 6.17. The lowest BCUT2D eigenvalue weighted by atomic mass is 10.1. The molecule has 4 rings (SSSR count). The van der Waals surface area contributed by atoms with Crippen LogP contribution in [0.1, 0.15) is 40.7 Å². The molecule has 0 bridgehead atoms. The SMILES string of the molecule is NC(=O)c1cccc2c1OC=C(c1cncc(CNS(=O)(=O)CCC3CC3)c1)O2. The molecule has 8 nitrogen and oxygen atoms in total. The Morgan fingerprint density at radius 2 is 2.10 bits per heavy atom. The maximum absolute atomic E-state index is 12.1. The fourth-order valence-electron chi connectivity index (χ4n) is 3.01. The predicted molar refractivity (Wildman–Crippen MR) is 106 cm³/mol. The number of hydrogen-bond acceptors (Lipinski definition) is 6. The molecule has 1 aliphatic heterocycles. The number of nitrogens with one attached hydrogen (secondary N) is 1. The van der Waals surface area contributed by atoms with Crippen molar-refractivity contribution in [1.82, 2.24) is 9.71 Å². The van der Waals surface area contributed by atoms with Crippen LogP contribution in [0.5, 0.6) is 11.5 Å². The first-order valence-electron chi connectivity index (χ1n) is 9.30. The molecule has 3 N–H and O–H groups in total. The number of nitrogens with two attached hydrogens (primary N) is 1. The zero-order valence-electron chi connectivity index (χ0n) is 15.6. The van der Waals surface area contributed by atoms with Crippen molar-refractivity contribution in [1.29, 1.82) is 0 Å². The van der Waals surface area contributed by atoms with E-state index in [-0.39, 0.29) is 23.6 Å². The van der Waals surface area contributed by atoms with Crippen LogP contribution in [0.2, 0.25) is 0 Å². The highest BCUT2D eigenvalue weighted by Gasteiger charge is 2.24. The summed E-state index contributed by atoms with van der Waals surface area (Å²) in [6, 6.07) is 6.64. The lowest BCUT2D eigenvalue weighted by Crippen LogP contribution is -2.26. The number of carbonyl (C=O) groups is 1. The van der Waals surface area contributed by atoms with Gasteiger partial charge in [-0.15, -0.1) is 0 Å². The largest absolute Gasteiger partial charge is 0.456 e. The van der Waals surface area contributed by atoms with Gasteiger partial charge >= 0.3 is 0 Å². The van der Waals surface area contributed by atoms with Crippen LogP contribution in [0.4, 0.5) is 0 Å².